The zero-order valence-corrected chi connectivity index (χ0v) is 14.1. The molecule has 22 heavy (non-hydrogen) atoms. The molecule has 0 aromatic heterocycles. The van der Waals surface area contributed by atoms with E-state index in [2.05, 4.69) is 11.4 Å². The van der Waals surface area contributed by atoms with Gasteiger partial charge in [0.25, 0.3) is 5.91 Å². The summed E-state index contributed by atoms with van der Waals surface area (Å²) in [6, 6.07) is 5.41. The molecule has 0 saturated carbocycles. The van der Waals surface area contributed by atoms with E-state index in [1.165, 1.54) is 31.3 Å². The highest BCUT2D eigenvalue weighted by Gasteiger charge is 2.14. The standard InChI is InChI=1S/C18H24ClNO2/c1-13-12-16(8-9-17(13)19)22-14(2)18(21)20-11-10-15-6-4-3-5-7-15/h6,8-9,12,14H,3-5,7,10-11H2,1-2H3,(H,20,21). The Morgan fingerprint density at radius 1 is 1.41 bits per heavy atom. The van der Waals surface area contributed by atoms with Crippen LogP contribution in [0.15, 0.2) is 29.8 Å². The number of hydrogen-bond donors (Lipinski definition) is 1. The van der Waals surface area contributed by atoms with Gasteiger partial charge < -0.3 is 10.1 Å². The molecule has 0 fully saturated rings. The first-order chi connectivity index (χ1) is 10.6. The van der Waals surface area contributed by atoms with Gasteiger partial charge in [0, 0.05) is 11.6 Å². The first-order valence-electron chi connectivity index (χ1n) is 7.94. The number of carbonyl (C=O) groups is 1. The number of aryl methyl sites for hydroxylation is 1. The van der Waals surface area contributed by atoms with E-state index in [-0.39, 0.29) is 5.91 Å². The van der Waals surface area contributed by atoms with E-state index in [1.807, 2.05) is 13.0 Å². The monoisotopic (exact) mass is 321 g/mol. The second kappa shape index (κ2) is 8.23. The van der Waals surface area contributed by atoms with Crippen LogP contribution in [-0.2, 0) is 4.79 Å². The molecule has 1 N–H and O–H groups in total. The lowest BCUT2D eigenvalue weighted by molar-refractivity contribution is -0.127. The lowest BCUT2D eigenvalue weighted by atomic mass is 9.97. The summed E-state index contributed by atoms with van der Waals surface area (Å²) in [4.78, 5) is 12.1. The van der Waals surface area contributed by atoms with Crippen molar-refractivity contribution in [2.45, 2.75) is 52.1 Å². The van der Waals surface area contributed by atoms with Gasteiger partial charge in [0.2, 0.25) is 0 Å². The maximum absolute atomic E-state index is 12.1. The molecule has 120 valence electrons. The molecule has 1 unspecified atom stereocenters. The molecular weight excluding hydrogens is 298 g/mol. The Morgan fingerprint density at radius 2 is 2.23 bits per heavy atom. The fourth-order valence-electron chi connectivity index (χ4n) is 2.57. The second-order valence-electron chi connectivity index (χ2n) is 5.82. The number of carbonyl (C=O) groups excluding carboxylic acids is 1. The molecule has 1 aromatic carbocycles. The summed E-state index contributed by atoms with van der Waals surface area (Å²) in [6.45, 7) is 4.36. The van der Waals surface area contributed by atoms with Gasteiger partial charge in [0.05, 0.1) is 0 Å². The molecule has 0 saturated heterocycles. The topological polar surface area (TPSA) is 38.3 Å². The highest BCUT2D eigenvalue weighted by Crippen LogP contribution is 2.22. The van der Waals surface area contributed by atoms with E-state index >= 15 is 0 Å². The van der Waals surface area contributed by atoms with Gasteiger partial charge in [-0.2, -0.15) is 0 Å². The van der Waals surface area contributed by atoms with Crippen LogP contribution in [0.25, 0.3) is 0 Å². The summed E-state index contributed by atoms with van der Waals surface area (Å²) in [6.07, 6.45) is 7.66. The maximum Gasteiger partial charge on any atom is 0.260 e. The van der Waals surface area contributed by atoms with Crippen molar-refractivity contribution in [1.29, 1.82) is 0 Å². The molecule has 2 rings (SSSR count). The number of nitrogens with one attached hydrogen (secondary N) is 1. The Kier molecular flexibility index (Phi) is 6.32. The summed E-state index contributed by atoms with van der Waals surface area (Å²) in [5.41, 5.74) is 2.41. The number of amides is 1. The van der Waals surface area contributed by atoms with Crippen LogP contribution in [0, 0.1) is 6.92 Å². The summed E-state index contributed by atoms with van der Waals surface area (Å²) in [7, 11) is 0. The number of ether oxygens (including phenoxy) is 1. The smallest absolute Gasteiger partial charge is 0.260 e. The van der Waals surface area contributed by atoms with E-state index < -0.39 is 6.10 Å². The van der Waals surface area contributed by atoms with Gasteiger partial charge in [-0.05, 0) is 69.7 Å². The molecule has 0 radical (unpaired) electrons. The van der Waals surface area contributed by atoms with Gasteiger partial charge in [0.1, 0.15) is 5.75 Å². The number of allylic oxidation sites excluding steroid dienone is 1. The average Bonchev–Trinajstić information content (AvgIpc) is 2.52. The largest absolute Gasteiger partial charge is 0.481 e. The van der Waals surface area contributed by atoms with Crippen molar-refractivity contribution in [1.82, 2.24) is 5.32 Å². The number of benzene rings is 1. The normalized spacial score (nSPS) is 15.9. The van der Waals surface area contributed by atoms with Crippen LogP contribution >= 0.6 is 11.6 Å². The highest BCUT2D eigenvalue weighted by molar-refractivity contribution is 6.31. The van der Waals surface area contributed by atoms with Gasteiger partial charge in [-0.15, -0.1) is 0 Å². The second-order valence-corrected chi connectivity index (χ2v) is 6.23. The lowest BCUT2D eigenvalue weighted by Gasteiger charge is -2.16. The minimum atomic E-state index is -0.513. The van der Waals surface area contributed by atoms with Crippen LogP contribution in [0.4, 0.5) is 0 Å². The molecule has 0 aliphatic heterocycles. The third kappa shape index (κ3) is 5.06. The van der Waals surface area contributed by atoms with Gasteiger partial charge in [-0.1, -0.05) is 23.3 Å². The van der Waals surface area contributed by atoms with E-state index in [0.717, 1.165) is 12.0 Å². The third-order valence-electron chi connectivity index (χ3n) is 3.94. The maximum atomic E-state index is 12.1. The molecule has 0 spiro atoms. The van der Waals surface area contributed by atoms with E-state index in [9.17, 15) is 4.79 Å². The Balaban J connectivity index is 1.76. The van der Waals surface area contributed by atoms with Gasteiger partial charge in [-0.3, -0.25) is 4.79 Å². The van der Waals surface area contributed by atoms with Crippen LogP contribution in [0.5, 0.6) is 5.75 Å². The quantitative estimate of drug-likeness (QED) is 0.787. The molecule has 1 aliphatic rings. The predicted octanol–water partition coefficient (Wildman–Crippen LogP) is 4.42. The van der Waals surface area contributed by atoms with Crippen LogP contribution < -0.4 is 10.1 Å². The van der Waals surface area contributed by atoms with Crippen LogP contribution in [-0.4, -0.2) is 18.6 Å². The molecule has 1 amide bonds. The molecule has 1 atom stereocenters. The SMILES string of the molecule is Cc1cc(OC(C)C(=O)NCCC2=CCCCC2)ccc1Cl. The minimum absolute atomic E-state index is 0.0796. The lowest BCUT2D eigenvalue weighted by Crippen LogP contribution is -2.37. The Hall–Kier alpha value is -1.48. The number of hydrogen-bond acceptors (Lipinski definition) is 2. The molecule has 1 aliphatic carbocycles. The number of halogens is 1. The molecule has 1 aromatic rings. The van der Waals surface area contributed by atoms with E-state index in [0.29, 0.717) is 17.3 Å². The van der Waals surface area contributed by atoms with E-state index in [1.54, 1.807) is 19.1 Å². The van der Waals surface area contributed by atoms with Gasteiger partial charge >= 0.3 is 0 Å². The Labute approximate surface area is 137 Å². The molecule has 4 heteroatoms. The van der Waals surface area contributed by atoms with E-state index in [4.69, 9.17) is 16.3 Å². The van der Waals surface area contributed by atoms with Crippen LogP contribution in [0.3, 0.4) is 0 Å². The summed E-state index contributed by atoms with van der Waals surface area (Å²) >= 11 is 5.98. The van der Waals surface area contributed by atoms with Crippen molar-refractivity contribution < 1.29 is 9.53 Å². The van der Waals surface area contributed by atoms with Crippen molar-refractivity contribution >= 4 is 17.5 Å². The van der Waals surface area contributed by atoms with Crippen LogP contribution in [0.2, 0.25) is 5.02 Å². The van der Waals surface area contributed by atoms with Crippen molar-refractivity contribution in [3.8, 4) is 5.75 Å². The Morgan fingerprint density at radius 3 is 2.91 bits per heavy atom. The zero-order chi connectivity index (χ0) is 15.9. The van der Waals surface area contributed by atoms with Crippen molar-refractivity contribution in [2.75, 3.05) is 6.54 Å². The highest BCUT2D eigenvalue weighted by atomic mass is 35.5. The summed E-state index contributed by atoms with van der Waals surface area (Å²) < 4.78 is 5.67. The molecule has 0 heterocycles. The van der Waals surface area contributed by atoms with Crippen molar-refractivity contribution in [2.24, 2.45) is 0 Å². The first kappa shape index (κ1) is 16.9. The molecular formula is C18H24ClNO2. The van der Waals surface area contributed by atoms with Gasteiger partial charge in [-0.25, -0.2) is 0 Å². The zero-order valence-electron chi connectivity index (χ0n) is 13.3. The predicted molar refractivity (Wildman–Crippen MR) is 90.5 cm³/mol. The summed E-state index contributed by atoms with van der Waals surface area (Å²) in [5.74, 6) is 0.587. The first-order valence-corrected chi connectivity index (χ1v) is 8.32. The van der Waals surface area contributed by atoms with Crippen molar-refractivity contribution in [3.63, 3.8) is 0 Å². The third-order valence-corrected chi connectivity index (χ3v) is 4.37. The fraction of sp³-hybridized carbons (Fsp3) is 0.500. The van der Waals surface area contributed by atoms with Crippen molar-refractivity contribution in [3.05, 3.63) is 40.4 Å². The molecule has 3 nitrogen and oxygen atoms in total. The fourth-order valence-corrected chi connectivity index (χ4v) is 2.69. The minimum Gasteiger partial charge on any atom is -0.481 e. The Bertz CT molecular complexity index is 554. The number of rotatable bonds is 6. The van der Waals surface area contributed by atoms with Crippen LogP contribution in [0.1, 0.15) is 44.6 Å². The average molecular weight is 322 g/mol. The summed E-state index contributed by atoms with van der Waals surface area (Å²) in [5, 5.41) is 3.64. The van der Waals surface area contributed by atoms with Gasteiger partial charge in [0.15, 0.2) is 6.10 Å². The molecule has 0 bridgehead atoms.